The number of aromatic nitrogens is 3. The zero-order valence-corrected chi connectivity index (χ0v) is 11.6. The largest absolute Gasteiger partial charge is 0.319 e. The number of nitrogens with one attached hydrogen (secondary N) is 2. The molecule has 6 heteroatoms. The predicted molar refractivity (Wildman–Crippen MR) is 81.2 cm³/mol. The molecule has 2 aromatic heterocycles. The van der Waals surface area contributed by atoms with Gasteiger partial charge in [-0.1, -0.05) is 23.7 Å². The molecule has 104 valence electrons. The molecule has 0 aliphatic carbocycles. The number of pyridine rings is 1. The van der Waals surface area contributed by atoms with E-state index in [9.17, 15) is 4.79 Å². The maximum Gasteiger partial charge on any atom is 0.273 e. The second kappa shape index (κ2) is 5.76. The van der Waals surface area contributed by atoms with Crippen LogP contribution in [0, 0.1) is 0 Å². The van der Waals surface area contributed by atoms with Crippen molar-refractivity contribution in [3.8, 4) is 11.3 Å². The molecule has 0 fully saturated rings. The number of aromatic amines is 1. The average Bonchev–Trinajstić information content (AvgIpc) is 3.00. The molecule has 3 aromatic rings. The lowest BCUT2D eigenvalue weighted by Crippen LogP contribution is -2.12. The van der Waals surface area contributed by atoms with Gasteiger partial charge in [-0.15, -0.1) is 0 Å². The highest BCUT2D eigenvalue weighted by atomic mass is 35.5. The molecule has 3 rings (SSSR count). The van der Waals surface area contributed by atoms with Gasteiger partial charge in [0.25, 0.3) is 5.91 Å². The van der Waals surface area contributed by atoms with Gasteiger partial charge in [-0.05, 0) is 30.3 Å². The van der Waals surface area contributed by atoms with Gasteiger partial charge in [0.15, 0.2) is 0 Å². The van der Waals surface area contributed by atoms with Gasteiger partial charge in [-0.25, -0.2) is 0 Å². The van der Waals surface area contributed by atoms with Crippen LogP contribution in [-0.2, 0) is 0 Å². The third kappa shape index (κ3) is 2.93. The van der Waals surface area contributed by atoms with Crippen LogP contribution in [-0.4, -0.2) is 21.1 Å². The normalized spacial score (nSPS) is 10.3. The van der Waals surface area contributed by atoms with Crippen molar-refractivity contribution in [2.24, 2.45) is 0 Å². The number of anilines is 1. The van der Waals surface area contributed by atoms with Crippen molar-refractivity contribution in [3.05, 3.63) is 65.6 Å². The highest BCUT2D eigenvalue weighted by Crippen LogP contribution is 2.22. The van der Waals surface area contributed by atoms with Gasteiger partial charge in [0.05, 0.1) is 16.4 Å². The summed E-state index contributed by atoms with van der Waals surface area (Å²) in [4.78, 5) is 16.2. The summed E-state index contributed by atoms with van der Waals surface area (Å²) < 4.78 is 0. The summed E-state index contributed by atoms with van der Waals surface area (Å²) in [5, 5.41) is 10.0. The number of para-hydroxylation sites is 1. The Morgan fingerprint density at radius 2 is 2.05 bits per heavy atom. The molecule has 0 atom stereocenters. The van der Waals surface area contributed by atoms with E-state index in [0.717, 1.165) is 5.56 Å². The van der Waals surface area contributed by atoms with Gasteiger partial charge in [-0.3, -0.25) is 14.9 Å². The van der Waals surface area contributed by atoms with E-state index in [-0.39, 0.29) is 5.91 Å². The molecule has 0 unspecified atom stereocenters. The maximum atomic E-state index is 12.2. The number of benzene rings is 1. The molecular formula is C15H11ClN4O. The molecule has 0 bridgehead atoms. The van der Waals surface area contributed by atoms with Crippen LogP contribution in [0.2, 0.25) is 5.02 Å². The summed E-state index contributed by atoms with van der Waals surface area (Å²) in [5.74, 6) is -0.300. The van der Waals surface area contributed by atoms with E-state index < -0.39 is 0 Å². The van der Waals surface area contributed by atoms with Crippen LogP contribution in [0.15, 0.2) is 54.9 Å². The van der Waals surface area contributed by atoms with Crippen LogP contribution in [0.5, 0.6) is 0 Å². The third-order valence-corrected chi connectivity index (χ3v) is 3.23. The van der Waals surface area contributed by atoms with Crippen molar-refractivity contribution in [2.45, 2.75) is 0 Å². The van der Waals surface area contributed by atoms with Crippen LogP contribution in [0.1, 0.15) is 10.5 Å². The molecule has 21 heavy (non-hydrogen) atoms. The van der Waals surface area contributed by atoms with Crippen LogP contribution < -0.4 is 5.32 Å². The number of halogens is 1. The smallest absolute Gasteiger partial charge is 0.273 e. The molecule has 0 aliphatic heterocycles. The average molecular weight is 299 g/mol. The van der Waals surface area contributed by atoms with Crippen LogP contribution in [0.4, 0.5) is 5.69 Å². The van der Waals surface area contributed by atoms with E-state index in [4.69, 9.17) is 11.6 Å². The Morgan fingerprint density at radius 3 is 2.81 bits per heavy atom. The second-order valence-electron chi connectivity index (χ2n) is 4.34. The Morgan fingerprint density at radius 1 is 1.19 bits per heavy atom. The highest BCUT2D eigenvalue weighted by molar-refractivity contribution is 6.33. The molecule has 2 heterocycles. The van der Waals surface area contributed by atoms with Crippen LogP contribution in [0.3, 0.4) is 0 Å². The summed E-state index contributed by atoms with van der Waals surface area (Å²) in [7, 11) is 0. The van der Waals surface area contributed by atoms with E-state index in [0.29, 0.717) is 22.1 Å². The first-order chi connectivity index (χ1) is 10.2. The number of hydrogen-bond acceptors (Lipinski definition) is 3. The lowest BCUT2D eigenvalue weighted by atomic mass is 10.2. The van der Waals surface area contributed by atoms with Gasteiger partial charge in [-0.2, -0.15) is 5.10 Å². The van der Waals surface area contributed by atoms with Gasteiger partial charge in [0, 0.05) is 18.0 Å². The summed E-state index contributed by atoms with van der Waals surface area (Å²) in [5.41, 5.74) is 2.41. The fourth-order valence-electron chi connectivity index (χ4n) is 1.85. The summed E-state index contributed by atoms with van der Waals surface area (Å²) in [6.07, 6.45) is 3.37. The number of rotatable bonds is 3. The second-order valence-corrected chi connectivity index (χ2v) is 4.75. The Bertz CT molecular complexity index is 770. The van der Waals surface area contributed by atoms with Crippen molar-refractivity contribution in [1.82, 2.24) is 15.2 Å². The molecule has 0 saturated carbocycles. The SMILES string of the molecule is O=C(Nc1ccccc1Cl)c1cc(-c2cccnc2)n[nH]1. The standard InChI is InChI=1S/C15H11ClN4O/c16-11-5-1-2-6-12(11)18-15(21)14-8-13(19-20-14)10-4-3-7-17-9-10/h1-9H,(H,18,21)(H,19,20). The van der Waals surface area contributed by atoms with Crippen molar-refractivity contribution < 1.29 is 4.79 Å². The molecule has 0 spiro atoms. The monoisotopic (exact) mass is 298 g/mol. The lowest BCUT2D eigenvalue weighted by Gasteiger charge is -2.04. The molecule has 1 amide bonds. The number of hydrogen-bond donors (Lipinski definition) is 2. The first kappa shape index (κ1) is 13.3. The van der Waals surface area contributed by atoms with Gasteiger partial charge in [0.1, 0.15) is 5.69 Å². The van der Waals surface area contributed by atoms with Crippen molar-refractivity contribution in [2.75, 3.05) is 5.32 Å². The van der Waals surface area contributed by atoms with E-state index in [1.165, 1.54) is 0 Å². The van der Waals surface area contributed by atoms with Gasteiger partial charge >= 0.3 is 0 Å². The van der Waals surface area contributed by atoms with Crippen LogP contribution >= 0.6 is 11.6 Å². The topological polar surface area (TPSA) is 70.7 Å². The van der Waals surface area contributed by atoms with Crippen molar-refractivity contribution in [3.63, 3.8) is 0 Å². The molecular weight excluding hydrogens is 288 g/mol. The summed E-state index contributed by atoms with van der Waals surface area (Å²) in [6, 6.07) is 12.4. The minimum atomic E-state index is -0.300. The predicted octanol–water partition coefficient (Wildman–Crippen LogP) is 3.38. The van der Waals surface area contributed by atoms with Crippen molar-refractivity contribution >= 4 is 23.2 Å². The van der Waals surface area contributed by atoms with E-state index >= 15 is 0 Å². The molecule has 5 nitrogen and oxygen atoms in total. The zero-order chi connectivity index (χ0) is 14.7. The van der Waals surface area contributed by atoms with E-state index in [1.54, 1.807) is 42.7 Å². The first-order valence-electron chi connectivity index (χ1n) is 6.26. The molecule has 2 N–H and O–H groups in total. The highest BCUT2D eigenvalue weighted by Gasteiger charge is 2.12. The van der Waals surface area contributed by atoms with Crippen LogP contribution in [0.25, 0.3) is 11.3 Å². The number of nitrogens with zero attached hydrogens (tertiary/aromatic N) is 2. The summed E-state index contributed by atoms with van der Waals surface area (Å²) >= 11 is 6.01. The van der Waals surface area contributed by atoms with E-state index in [2.05, 4.69) is 20.5 Å². The van der Waals surface area contributed by atoms with Crippen molar-refractivity contribution in [1.29, 1.82) is 0 Å². The first-order valence-corrected chi connectivity index (χ1v) is 6.63. The number of H-pyrrole nitrogens is 1. The minimum Gasteiger partial charge on any atom is -0.319 e. The summed E-state index contributed by atoms with van der Waals surface area (Å²) in [6.45, 7) is 0. The van der Waals surface area contributed by atoms with Gasteiger partial charge in [0.2, 0.25) is 0 Å². The Labute approximate surface area is 126 Å². The minimum absolute atomic E-state index is 0.300. The van der Waals surface area contributed by atoms with Gasteiger partial charge < -0.3 is 5.32 Å². The maximum absolute atomic E-state index is 12.2. The number of carbonyl (C=O) groups excluding carboxylic acids is 1. The molecule has 0 saturated heterocycles. The molecule has 0 radical (unpaired) electrons. The molecule has 1 aromatic carbocycles. The Hall–Kier alpha value is -2.66. The quantitative estimate of drug-likeness (QED) is 0.778. The fourth-order valence-corrected chi connectivity index (χ4v) is 2.04. The Kier molecular flexibility index (Phi) is 3.66. The molecule has 0 aliphatic rings. The zero-order valence-electron chi connectivity index (χ0n) is 10.9. The third-order valence-electron chi connectivity index (χ3n) is 2.90. The fraction of sp³-hybridized carbons (Fsp3) is 0. The number of amides is 1. The number of carbonyl (C=O) groups is 1. The lowest BCUT2D eigenvalue weighted by molar-refractivity contribution is 0.102. The van der Waals surface area contributed by atoms with E-state index in [1.807, 2.05) is 12.1 Å². The Balaban J connectivity index is 1.80.